The van der Waals surface area contributed by atoms with Crippen molar-refractivity contribution in [1.82, 2.24) is 15.0 Å². The fraction of sp³-hybridized carbons (Fsp3) is 0.0370. The number of urea groups is 1. The smallest absolute Gasteiger partial charge is 0.323 e. The van der Waals surface area contributed by atoms with Gasteiger partial charge in [-0.2, -0.15) is 4.39 Å². The number of pyridine rings is 1. The van der Waals surface area contributed by atoms with E-state index in [1.54, 1.807) is 24.5 Å². The van der Waals surface area contributed by atoms with E-state index >= 15 is 0 Å². The van der Waals surface area contributed by atoms with Gasteiger partial charge in [0.25, 0.3) is 0 Å². The second-order valence-electron chi connectivity index (χ2n) is 8.06. The van der Waals surface area contributed by atoms with Crippen molar-refractivity contribution in [3.8, 4) is 22.8 Å². The van der Waals surface area contributed by atoms with Gasteiger partial charge in [-0.15, -0.1) is 0 Å². The van der Waals surface area contributed by atoms with Crippen molar-refractivity contribution in [2.75, 3.05) is 10.6 Å². The summed E-state index contributed by atoms with van der Waals surface area (Å²) in [6.07, 6.45) is 3.31. The maximum absolute atomic E-state index is 14.5. The number of carbonyl (C=O) groups is 1. The molecule has 5 rings (SSSR count). The fourth-order valence-electron chi connectivity index (χ4n) is 3.51. The minimum Gasteiger partial charge on any atom is -0.454 e. The molecule has 3 aromatic carbocycles. The molecule has 37 heavy (non-hydrogen) atoms. The molecular formula is C27H18F3N5O2. The molecule has 0 fully saturated rings. The summed E-state index contributed by atoms with van der Waals surface area (Å²) in [5, 5.41) is 4.79. The first kappa shape index (κ1) is 23.7. The molecule has 0 radical (unpaired) electrons. The molecule has 2 N–H and O–H groups in total. The molecule has 0 bridgehead atoms. The highest BCUT2D eigenvalue weighted by atomic mass is 19.2. The van der Waals surface area contributed by atoms with Crippen LogP contribution in [0.15, 0.2) is 79.1 Å². The molecule has 0 saturated heterocycles. The third-order valence-corrected chi connectivity index (χ3v) is 5.28. The van der Waals surface area contributed by atoms with E-state index in [9.17, 15) is 18.0 Å². The number of halogens is 3. The highest BCUT2D eigenvalue weighted by Gasteiger charge is 2.15. The zero-order valence-corrected chi connectivity index (χ0v) is 19.3. The van der Waals surface area contributed by atoms with Gasteiger partial charge in [0.2, 0.25) is 5.82 Å². The summed E-state index contributed by atoms with van der Waals surface area (Å²) < 4.78 is 47.7. The largest absolute Gasteiger partial charge is 0.454 e. The first-order valence-corrected chi connectivity index (χ1v) is 11.0. The second-order valence-corrected chi connectivity index (χ2v) is 8.06. The zero-order valence-electron chi connectivity index (χ0n) is 19.3. The van der Waals surface area contributed by atoms with Crippen LogP contribution in [0, 0.1) is 24.4 Å². The molecule has 2 heterocycles. The van der Waals surface area contributed by atoms with Gasteiger partial charge in [-0.1, -0.05) is 6.07 Å². The van der Waals surface area contributed by atoms with Crippen molar-refractivity contribution in [1.29, 1.82) is 0 Å². The Morgan fingerprint density at radius 1 is 0.838 bits per heavy atom. The summed E-state index contributed by atoms with van der Waals surface area (Å²) in [7, 11) is 0. The van der Waals surface area contributed by atoms with Crippen LogP contribution in [0.5, 0.6) is 11.5 Å². The Bertz CT molecular complexity index is 1630. The topological polar surface area (TPSA) is 89.0 Å². The highest BCUT2D eigenvalue weighted by molar-refractivity contribution is 5.99. The number of anilines is 2. The number of ether oxygens (including phenoxy) is 1. The predicted octanol–water partition coefficient (Wildman–Crippen LogP) is 6.85. The van der Waals surface area contributed by atoms with Crippen LogP contribution in [0.3, 0.4) is 0 Å². The average molecular weight is 501 g/mol. The van der Waals surface area contributed by atoms with E-state index in [1.165, 1.54) is 24.3 Å². The summed E-state index contributed by atoms with van der Waals surface area (Å²) in [5.41, 5.74) is 3.39. The first-order valence-electron chi connectivity index (χ1n) is 11.0. The minimum atomic E-state index is -1.23. The van der Waals surface area contributed by atoms with Crippen molar-refractivity contribution in [2.45, 2.75) is 6.92 Å². The number of carbonyl (C=O) groups excluding carboxylic acids is 1. The van der Waals surface area contributed by atoms with Gasteiger partial charge in [-0.05, 0) is 49.4 Å². The number of nitrogens with zero attached hydrogens (tertiary/aromatic N) is 3. The monoisotopic (exact) mass is 501 g/mol. The maximum atomic E-state index is 14.5. The lowest BCUT2D eigenvalue weighted by Crippen LogP contribution is -2.19. The number of rotatable bonds is 5. The van der Waals surface area contributed by atoms with Crippen LogP contribution >= 0.6 is 0 Å². The van der Waals surface area contributed by atoms with Crippen molar-refractivity contribution < 1.29 is 22.7 Å². The lowest BCUT2D eigenvalue weighted by atomic mass is 10.2. The maximum Gasteiger partial charge on any atom is 0.323 e. The van der Waals surface area contributed by atoms with Crippen LogP contribution in [-0.4, -0.2) is 21.0 Å². The van der Waals surface area contributed by atoms with Gasteiger partial charge in [-0.25, -0.2) is 18.6 Å². The zero-order chi connectivity index (χ0) is 25.9. The third-order valence-electron chi connectivity index (χ3n) is 5.28. The number of nitrogens with one attached hydrogen (secondary N) is 2. The third kappa shape index (κ3) is 5.48. The molecule has 184 valence electrons. The Morgan fingerprint density at radius 2 is 1.68 bits per heavy atom. The Balaban J connectivity index is 1.38. The van der Waals surface area contributed by atoms with Crippen LogP contribution < -0.4 is 15.4 Å². The van der Waals surface area contributed by atoms with Crippen molar-refractivity contribution in [3.63, 3.8) is 0 Å². The summed E-state index contributed by atoms with van der Waals surface area (Å²) in [4.78, 5) is 25.5. The van der Waals surface area contributed by atoms with Crippen LogP contribution in [-0.2, 0) is 0 Å². The van der Waals surface area contributed by atoms with Gasteiger partial charge in [0, 0.05) is 47.0 Å². The van der Waals surface area contributed by atoms with E-state index in [0.717, 1.165) is 29.5 Å². The van der Waals surface area contributed by atoms with Crippen LogP contribution in [0.25, 0.3) is 22.3 Å². The van der Waals surface area contributed by atoms with E-state index < -0.39 is 29.2 Å². The van der Waals surface area contributed by atoms with E-state index in [2.05, 4.69) is 25.6 Å². The van der Waals surface area contributed by atoms with E-state index in [-0.39, 0.29) is 17.1 Å². The molecule has 10 heteroatoms. The van der Waals surface area contributed by atoms with Gasteiger partial charge in [0.05, 0.1) is 22.9 Å². The molecule has 0 aliphatic rings. The van der Waals surface area contributed by atoms with Crippen molar-refractivity contribution in [2.24, 2.45) is 0 Å². The number of benzene rings is 3. The van der Waals surface area contributed by atoms with Gasteiger partial charge in [-0.3, -0.25) is 9.97 Å². The molecule has 0 aliphatic heterocycles. The van der Waals surface area contributed by atoms with E-state index in [4.69, 9.17) is 4.74 Å². The minimum absolute atomic E-state index is 0.0717. The average Bonchev–Trinajstić information content (AvgIpc) is 2.87. The molecule has 7 nitrogen and oxygen atoms in total. The first-order chi connectivity index (χ1) is 17.8. The molecule has 0 unspecified atom stereocenters. The Morgan fingerprint density at radius 3 is 2.46 bits per heavy atom. The van der Waals surface area contributed by atoms with Gasteiger partial charge >= 0.3 is 6.03 Å². The Kier molecular flexibility index (Phi) is 6.38. The molecule has 0 saturated carbocycles. The van der Waals surface area contributed by atoms with E-state index in [0.29, 0.717) is 16.7 Å². The standard InChI is InChI=1S/C27H18F3N5O2/c1-15-5-6-16(13-31-15)24-14-32-22-8-7-20(12-23(22)35-24)37-25-11-19(10-21(29)26(25)30)34-27(36)33-18-4-2-3-17(28)9-18/h2-14H,1H3,(H2,33,34,36). The van der Waals surface area contributed by atoms with Crippen molar-refractivity contribution in [3.05, 3.63) is 102 Å². The molecule has 2 amide bonds. The number of hydrogen-bond donors (Lipinski definition) is 2. The summed E-state index contributed by atoms with van der Waals surface area (Å²) in [5.74, 6) is -3.27. The van der Waals surface area contributed by atoms with Crippen LogP contribution in [0.1, 0.15) is 5.69 Å². The molecule has 0 spiro atoms. The lowest BCUT2D eigenvalue weighted by molar-refractivity contribution is 0.262. The normalized spacial score (nSPS) is 10.8. The fourth-order valence-corrected chi connectivity index (χ4v) is 3.51. The lowest BCUT2D eigenvalue weighted by Gasteiger charge is -2.12. The predicted molar refractivity (Wildman–Crippen MR) is 133 cm³/mol. The highest BCUT2D eigenvalue weighted by Crippen LogP contribution is 2.31. The number of amides is 2. The van der Waals surface area contributed by atoms with Gasteiger partial charge in [0.15, 0.2) is 11.6 Å². The molecule has 2 aromatic heterocycles. The molecule has 5 aromatic rings. The summed E-state index contributed by atoms with van der Waals surface area (Å²) >= 11 is 0. The van der Waals surface area contributed by atoms with Crippen LogP contribution in [0.4, 0.5) is 29.3 Å². The van der Waals surface area contributed by atoms with Crippen molar-refractivity contribution >= 4 is 28.4 Å². The van der Waals surface area contributed by atoms with E-state index in [1.807, 2.05) is 19.1 Å². The quantitative estimate of drug-likeness (QED) is 0.275. The summed E-state index contributed by atoms with van der Waals surface area (Å²) in [6, 6.07) is 14.9. The molecule has 0 aliphatic carbocycles. The number of fused-ring (bicyclic) bond motifs is 1. The van der Waals surface area contributed by atoms with Gasteiger partial charge < -0.3 is 15.4 Å². The molecule has 0 atom stereocenters. The van der Waals surface area contributed by atoms with Gasteiger partial charge in [0.1, 0.15) is 11.6 Å². The number of aromatic nitrogens is 3. The second kappa shape index (κ2) is 9.94. The SMILES string of the molecule is Cc1ccc(-c2cnc3ccc(Oc4cc(NC(=O)Nc5cccc(F)c5)cc(F)c4F)cc3n2)cn1. The summed E-state index contributed by atoms with van der Waals surface area (Å²) in [6.45, 7) is 1.88. The number of aryl methyl sites for hydroxylation is 1. The number of hydrogen-bond acceptors (Lipinski definition) is 5. The Hall–Kier alpha value is -4.99. The Labute approximate surface area is 209 Å². The van der Waals surface area contributed by atoms with Crippen LogP contribution in [0.2, 0.25) is 0 Å². The molecular weight excluding hydrogens is 483 g/mol.